The second-order valence-electron chi connectivity index (χ2n) is 8.43. The standard InChI is InChI=1S/C31H24O6/c1-4-5-21-6-7-25-19-26(9-8-24(25)18-21)31(34)37-28-16-12-23(13-17-28)30(33)36-27-14-10-22(11-15-27)29(32)35-20(2)3/h6-20H,1-3H3. The SMILES string of the molecule is CC#Cc1ccc2cc(C(=O)Oc3ccc(C(=O)Oc4ccc(C(=O)OC(C)C)cc4)cc3)ccc2c1. The average Bonchev–Trinajstić information content (AvgIpc) is 2.89. The van der Waals surface area contributed by atoms with E-state index in [0.717, 1.165) is 16.3 Å². The number of benzene rings is 4. The van der Waals surface area contributed by atoms with Crippen LogP contribution >= 0.6 is 0 Å². The smallest absolute Gasteiger partial charge is 0.343 e. The number of esters is 3. The van der Waals surface area contributed by atoms with Crippen molar-refractivity contribution in [3.63, 3.8) is 0 Å². The van der Waals surface area contributed by atoms with Gasteiger partial charge in [-0.2, -0.15) is 0 Å². The van der Waals surface area contributed by atoms with Gasteiger partial charge in [-0.05, 0) is 104 Å². The predicted octanol–water partition coefficient (Wildman–Crippen LogP) is 6.21. The molecule has 0 unspecified atom stereocenters. The lowest BCUT2D eigenvalue weighted by Gasteiger charge is -2.09. The second-order valence-corrected chi connectivity index (χ2v) is 8.43. The van der Waals surface area contributed by atoms with Gasteiger partial charge >= 0.3 is 17.9 Å². The monoisotopic (exact) mass is 492 g/mol. The summed E-state index contributed by atoms with van der Waals surface area (Å²) in [7, 11) is 0. The largest absolute Gasteiger partial charge is 0.459 e. The van der Waals surface area contributed by atoms with Crippen molar-refractivity contribution in [2.45, 2.75) is 26.9 Å². The zero-order valence-electron chi connectivity index (χ0n) is 20.6. The summed E-state index contributed by atoms with van der Waals surface area (Å²) in [5, 5.41) is 1.88. The second kappa shape index (κ2) is 11.2. The first-order chi connectivity index (χ1) is 17.8. The van der Waals surface area contributed by atoms with Crippen LogP contribution in [0, 0.1) is 11.8 Å². The molecule has 4 aromatic carbocycles. The molecular formula is C31H24O6. The first-order valence-electron chi connectivity index (χ1n) is 11.6. The van der Waals surface area contributed by atoms with E-state index in [9.17, 15) is 14.4 Å². The summed E-state index contributed by atoms with van der Waals surface area (Å²) in [6, 6.07) is 23.3. The molecule has 0 saturated heterocycles. The van der Waals surface area contributed by atoms with Gasteiger partial charge in [-0.1, -0.05) is 18.1 Å². The van der Waals surface area contributed by atoms with Crippen molar-refractivity contribution in [2.24, 2.45) is 0 Å². The average molecular weight is 493 g/mol. The summed E-state index contributed by atoms with van der Waals surface area (Å²) < 4.78 is 16.0. The third-order valence-electron chi connectivity index (χ3n) is 5.29. The van der Waals surface area contributed by atoms with E-state index >= 15 is 0 Å². The number of rotatable bonds is 6. The molecule has 0 radical (unpaired) electrons. The molecule has 0 aliphatic heterocycles. The first-order valence-corrected chi connectivity index (χ1v) is 11.6. The normalized spacial score (nSPS) is 10.4. The highest BCUT2D eigenvalue weighted by molar-refractivity contribution is 5.97. The number of fused-ring (bicyclic) bond motifs is 1. The summed E-state index contributed by atoms with van der Waals surface area (Å²) in [6.07, 6.45) is -0.227. The lowest BCUT2D eigenvalue weighted by molar-refractivity contribution is 0.0377. The Morgan fingerprint density at radius 3 is 1.68 bits per heavy atom. The van der Waals surface area contributed by atoms with Crippen LogP contribution in [0.3, 0.4) is 0 Å². The van der Waals surface area contributed by atoms with Crippen LogP contribution in [-0.4, -0.2) is 24.0 Å². The van der Waals surface area contributed by atoms with Gasteiger partial charge in [0.25, 0.3) is 0 Å². The zero-order valence-corrected chi connectivity index (χ0v) is 20.6. The van der Waals surface area contributed by atoms with Gasteiger partial charge < -0.3 is 14.2 Å². The highest BCUT2D eigenvalue weighted by Crippen LogP contribution is 2.21. The Labute approximate surface area is 214 Å². The van der Waals surface area contributed by atoms with Gasteiger partial charge in [0.05, 0.1) is 22.8 Å². The van der Waals surface area contributed by atoms with Gasteiger partial charge in [0, 0.05) is 5.56 Å². The molecule has 0 aromatic heterocycles. The van der Waals surface area contributed by atoms with Crippen LogP contribution in [-0.2, 0) is 4.74 Å². The van der Waals surface area contributed by atoms with Crippen molar-refractivity contribution in [2.75, 3.05) is 0 Å². The van der Waals surface area contributed by atoms with E-state index in [1.807, 2.05) is 24.3 Å². The van der Waals surface area contributed by atoms with Crippen LogP contribution in [0.2, 0.25) is 0 Å². The third kappa shape index (κ3) is 6.41. The highest BCUT2D eigenvalue weighted by Gasteiger charge is 2.14. The minimum Gasteiger partial charge on any atom is -0.459 e. The summed E-state index contributed by atoms with van der Waals surface area (Å²) in [4.78, 5) is 37.1. The van der Waals surface area contributed by atoms with Crippen LogP contribution in [0.5, 0.6) is 11.5 Å². The summed E-state index contributed by atoms with van der Waals surface area (Å²) in [5.74, 6) is 4.92. The molecule has 37 heavy (non-hydrogen) atoms. The predicted molar refractivity (Wildman–Crippen MR) is 140 cm³/mol. The van der Waals surface area contributed by atoms with Gasteiger partial charge in [-0.25, -0.2) is 14.4 Å². The van der Waals surface area contributed by atoms with Crippen LogP contribution < -0.4 is 9.47 Å². The topological polar surface area (TPSA) is 78.9 Å². The first kappa shape index (κ1) is 25.2. The summed E-state index contributed by atoms with van der Waals surface area (Å²) in [5.41, 5.74) is 1.96. The molecular weight excluding hydrogens is 468 g/mol. The molecule has 6 nitrogen and oxygen atoms in total. The lowest BCUT2D eigenvalue weighted by atomic mass is 10.0. The maximum absolute atomic E-state index is 12.7. The van der Waals surface area contributed by atoms with Gasteiger partial charge in [-0.3, -0.25) is 0 Å². The maximum Gasteiger partial charge on any atom is 0.343 e. The van der Waals surface area contributed by atoms with E-state index in [1.54, 1.807) is 32.9 Å². The molecule has 0 aliphatic carbocycles. The van der Waals surface area contributed by atoms with E-state index in [2.05, 4.69) is 11.8 Å². The van der Waals surface area contributed by atoms with Gasteiger partial charge in [0.1, 0.15) is 11.5 Å². The number of carbonyl (C=O) groups excluding carboxylic acids is 3. The minimum atomic E-state index is -0.586. The Hall–Kier alpha value is -4.89. The minimum absolute atomic E-state index is 0.227. The molecule has 0 fully saturated rings. The Balaban J connectivity index is 1.38. The Bertz CT molecular complexity index is 1520. The number of hydrogen-bond acceptors (Lipinski definition) is 6. The quantitative estimate of drug-likeness (QED) is 0.181. The van der Waals surface area contributed by atoms with Crippen molar-refractivity contribution >= 4 is 28.7 Å². The van der Waals surface area contributed by atoms with Gasteiger partial charge in [0.15, 0.2) is 0 Å². The van der Waals surface area contributed by atoms with Crippen LogP contribution in [0.25, 0.3) is 10.8 Å². The maximum atomic E-state index is 12.7. The fourth-order valence-electron chi connectivity index (χ4n) is 3.53. The highest BCUT2D eigenvalue weighted by atomic mass is 16.5. The number of ether oxygens (including phenoxy) is 3. The molecule has 0 N–H and O–H groups in total. The zero-order chi connectivity index (χ0) is 26.4. The number of carbonyl (C=O) groups is 3. The molecule has 0 saturated carbocycles. The van der Waals surface area contributed by atoms with E-state index in [-0.39, 0.29) is 17.4 Å². The molecule has 0 atom stereocenters. The molecule has 4 aromatic rings. The molecule has 4 rings (SSSR count). The molecule has 0 aliphatic rings. The third-order valence-corrected chi connectivity index (χ3v) is 5.29. The van der Waals surface area contributed by atoms with Crippen molar-refractivity contribution in [3.8, 4) is 23.3 Å². The molecule has 6 heteroatoms. The van der Waals surface area contributed by atoms with Gasteiger partial charge in [-0.15, -0.1) is 5.92 Å². The fourth-order valence-corrected chi connectivity index (χ4v) is 3.53. The van der Waals surface area contributed by atoms with Crippen molar-refractivity contribution in [1.82, 2.24) is 0 Å². The van der Waals surface area contributed by atoms with E-state index < -0.39 is 17.9 Å². The van der Waals surface area contributed by atoms with Crippen molar-refractivity contribution in [3.05, 3.63) is 107 Å². The van der Waals surface area contributed by atoms with Crippen molar-refractivity contribution < 1.29 is 28.6 Å². The molecule has 0 amide bonds. The molecule has 184 valence electrons. The van der Waals surface area contributed by atoms with E-state index in [0.29, 0.717) is 16.9 Å². The van der Waals surface area contributed by atoms with Crippen LogP contribution in [0.4, 0.5) is 0 Å². The van der Waals surface area contributed by atoms with Crippen LogP contribution in [0.15, 0.2) is 84.9 Å². The van der Waals surface area contributed by atoms with Gasteiger partial charge in [0.2, 0.25) is 0 Å². The molecule has 0 spiro atoms. The summed E-state index contributed by atoms with van der Waals surface area (Å²) in [6.45, 7) is 5.32. The molecule has 0 bridgehead atoms. The van der Waals surface area contributed by atoms with Crippen molar-refractivity contribution in [1.29, 1.82) is 0 Å². The fraction of sp³-hybridized carbons (Fsp3) is 0.129. The Morgan fingerprint density at radius 1 is 0.622 bits per heavy atom. The lowest BCUT2D eigenvalue weighted by Crippen LogP contribution is -2.12. The molecule has 0 heterocycles. The summed E-state index contributed by atoms with van der Waals surface area (Å²) >= 11 is 0. The number of hydrogen-bond donors (Lipinski definition) is 0. The van der Waals surface area contributed by atoms with E-state index in [4.69, 9.17) is 14.2 Å². The van der Waals surface area contributed by atoms with Crippen LogP contribution in [0.1, 0.15) is 57.4 Å². The van der Waals surface area contributed by atoms with E-state index in [1.165, 1.54) is 48.5 Å². The Morgan fingerprint density at radius 2 is 1.11 bits per heavy atom. The Kier molecular flexibility index (Phi) is 7.65.